The lowest BCUT2D eigenvalue weighted by Crippen LogP contribution is -2.44. The third-order valence-corrected chi connectivity index (χ3v) is 5.15. The highest BCUT2D eigenvalue weighted by atomic mass is 16.5. The zero-order chi connectivity index (χ0) is 17.9. The first-order valence-electron chi connectivity index (χ1n) is 9.20. The van der Waals surface area contributed by atoms with E-state index in [1.807, 2.05) is 23.1 Å². The molecule has 7 heteroatoms. The first-order valence-corrected chi connectivity index (χ1v) is 9.20. The van der Waals surface area contributed by atoms with Gasteiger partial charge in [-0.1, -0.05) is 23.4 Å². The van der Waals surface area contributed by atoms with Gasteiger partial charge in [-0.25, -0.2) is 0 Å². The van der Waals surface area contributed by atoms with E-state index in [4.69, 9.17) is 9.26 Å². The highest BCUT2D eigenvalue weighted by molar-refractivity contribution is 5.78. The third-order valence-electron chi connectivity index (χ3n) is 5.15. The van der Waals surface area contributed by atoms with Crippen LogP contribution in [0.4, 0.5) is 0 Å². The highest BCUT2D eigenvalue weighted by Crippen LogP contribution is 2.26. The summed E-state index contributed by atoms with van der Waals surface area (Å²) in [5.41, 5.74) is 1.14. The topological polar surface area (TPSA) is 71.7 Å². The Morgan fingerprint density at radius 2 is 2.04 bits per heavy atom. The largest absolute Gasteiger partial charge is 0.492 e. The fourth-order valence-electron chi connectivity index (χ4n) is 3.67. The number of hydrogen-bond donors (Lipinski definition) is 0. The maximum absolute atomic E-state index is 12.7. The van der Waals surface area contributed by atoms with Gasteiger partial charge < -0.3 is 14.2 Å². The van der Waals surface area contributed by atoms with Gasteiger partial charge >= 0.3 is 0 Å². The first-order chi connectivity index (χ1) is 12.7. The van der Waals surface area contributed by atoms with E-state index >= 15 is 0 Å². The second-order valence-electron chi connectivity index (χ2n) is 6.99. The number of aromatic nitrogens is 2. The fraction of sp³-hybridized carbons (Fsp3) is 0.526. The lowest BCUT2D eigenvalue weighted by atomic mass is 9.96. The number of piperidine rings is 1. The molecule has 0 bridgehead atoms. The number of rotatable bonds is 3. The number of aryl methyl sites for hydroxylation is 1. The van der Waals surface area contributed by atoms with Crippen molar-refractivity contribution in [2.24, 2.45) is 0 Å². The van der Waals surface area contributed by atoms with E-state index in [2.05, 4.69) is 21.1 Å². The molecule has 2 aliphatic heterocycles. The molecule has 0 spiro atoms. The fourth-order valence-corrected chi connectivity index (χ4v) is 3.67. The molecule has 4 rings (SSSR count). The van der Waals surface area contributed by atoms with Crippen molar-refractivity contribution in [2.75, 3.05) is 32.8 Å². The Kier molecular flexibility index (Phi) is 4.88. The van der Waals surface area contributed by atoms with Crippen LogP contribution in [0.2, 0.25) is 0 Å². The van der Waals surface area contributed by atoms with Crippen molar-refractivity contribution < 1.29 is 14.1 Å². The molecule has 1 amide bonds. The van der Waals surface area contributed by atoms with E-state index < -0.39 is 0 Å². The summed E-state index contributed by atoms with van der Waals surface area (Å²) in [6.45, 7) is 5.86. The molecule has 0 aliphatic carbocycles. The second-order valence-corrected chi connectivity index (χ2v) is 6.99. The molecule has 26 heavy (non-hydrogen) atoms. The Morgan fingerprint density at radius 3 is 2.81 bits per heavy atom. The summed E-state index contributed by atoms with van der Waals surface area (Å²) < 4.78 is 10.9. The van der Waals surface area contributed by atoms with Gasteiger partial charge in [0.2, 0.25) is 11.8 Å². The van der Waals surface area contributed by atoms with Gasteiger partial charge in [-0.3, -0.25) is 9.69 Å². The summed E-state index contributed by atoms with van der Waals surface area (Å²) in [4.78, 5) is 21.2. The second kappa shape index (κ2) is 7.45. The van der Waals surface area contributed by atoms with Crippen LogP contribution in [0.25, 0.3) is 0 Å². The molecular weight excluding hydrogens is 332 g/mol. The zero-order valence-corrected chi connectivity index (χ0v) is 15.1. The number of carbonyl (C=O) groups is 1. The number of hydrogen-bond acceptors (Lipinski definition) is 6. The Bertz CT molecular complexity index is 768. The standard InChI is InChI=1S/C19H24N4O3/c1-14-20-19(21-26-14)15-6-8-23(9-7-15)18(24)13-22-10-11-25-17-5-3-2-4-16(17)12-22/h2-5,15H,6-13H2,1H3. The van der Waals surface area contributed by atoms with E-state index in [0.717, 1.165) is 56.2 Å². The van der Waals surface area contributed by atoms with Crippen molar-refractivity contribution in [3.05, 3.63) is 41.5 Å². The van der Waals surface area contributed by atoms with Gasteiger partial charge in [-0.05, 0) is 18.9 Å². The minimum absolute atomic E-state index is 0.187. The van der Waals surface area contributed by atoms with Crippen molar-refractivity contribution in [1.29, 1.82) is 0 Å². The summed E-state index contributed by atoms with van der Waals surface area (Å²) in [6, 6.07) is 8.05. The SMILES string of the molecule is Cc1nc(C2CCN(C(=O)CN3CCOc4ccccc4C3)CC2)no1. The van der Waals surface area contributed by atoms with Crippen molar-refractivity contribution >= 4 is 5.91 Å². The molecule has 0 N–H and O–H groups in total. The third kappa shape index (κ3) is 3.72. The molecule has 0 unspecified atom stereocenters. The number of benzene rings is 1. The van der Waals surface area contributed by atoms with Crippen molar-refractivity contribution in [3.63, 3.8) is 0 Å². The molecule has 0 saturated carbocycles. The Morgan fingerprint density at radius 1 is 1.23 bits per heavy atom. The van der Waals surface area contributed by atoms with Gasteiger partial charge in [-0.2, -0.15) is 4.98 Å². The van der Waals surface area contributed by atoms with Gasteiger partial charge in [0.15, 0.2) is 5.82 Å². The summed E-state index contributed by atoms with van der Waals surface area (Å²) in [6.07, 6.45) is 1.77. The van der Waals surface area contributed by atoms with E-state index in [1.54, 1.807) is 6.92 Å². The van der Waals surface area contributed by atoms with Crippen LogP contribution in [0.15, 0.2) is 28.8 Å². The molecule has 0 radical (unpaired) electrons. The van der Waals surface area contributed by atoms with Crippen LogP contribution < -0.4 is 4.74 Å². The van der Waals surface area contributed by atoms with Gasteiger partial charge in [0.05, 0.1) is 6.54 Å². The van der Waals surface area contributed by atoms with Crippen LogP contribution >= 0.6 is 0 Å². The molecule has 138 valence electrons. The lowest BCUT2D eigenvalue weighted by Gasteiger charge is -2.32. The molecule has 1 saturated heterocycles. The predicted molar refractivity (Wildman–Crippen MR) is 94.8 cm³/mol. The number of likely N-dealkylation sites (tertiary alicyclic amines) is 1. The minimum Gasteiger partial charge on any atom is -0.492 e. The van der Waals surface area contributed by atoms with Crippen LogP contribution in [0.1, 0.15) is 36.0 Å². The number of nitrogens with zero attached hydrogens (tertiary/aromatic N) is 4. The number of ether oxygens (including phenoxy) is 1. The number of fused-ring (bicyclic) bond motifs is 1. The highest BCUT2D eigenvalue weighted by Gasteiger charge is 2.28. The first kappa shape index (κ1) is 17.0. The van der Waals surface area contributed by atoms with E-state index in [1.165, 1.54) is 0 Å². The van der Waals surface area contributed by atoms with Crippen LogP contribution in [-0.2, 0) is 11.3 Å². The van der Waals surface area contributed by atoms with Crippen molar-refractivity contribution in [1.82, 2.24) is 19.9 Å². The molecule has 2 aromatic rings. The monoisotopic (exact) mass is 356 g/mol. The summed E-state index contributed by atoms with van der Waals surface area (Å²) in [7, 11) is 0. The average Bonchev–Trinajstić information content (AvgIpc) is 2.98. The number of amides is 1. The van der Waals surface area contributed by atoms with Crippen LogP contribution in [-0.4, -0.2) is 58.6 Å². The molecule has 1 aromatic carbocycles. The van der Waals surface area contributed by atoms with Gasteiger partial charge in [0.1, 0.15) is 12.4 Å². The summed E-state index contributed by atoms with van der Waals surface area (Å²) in [5.74, 6) is 2.78. The molecule has 2 aliphatic rings. The molecule has 0 atom stereocenters. The quantitative estimate of drug-likeness (QED) is 0.837. The van der Waals surface area contributed by atoms with E-state index in [-0.39, 0.29) is 11.8 Å². The molecule has 7 nitrogen and oxygen atoms in total. The zero-order valence-electron chi connectivity index (χ0n) is 15.1. The Labute approximate surface area is 152 Å². The summed E-state index contributed by atoms with van der Waals surface area (Å²) in [5, 5.41) is 4.02. The molecular formula is C19H24N4O3. The number of carbonyl (C=O) groups excluding carboxylic acids is 1. The van der Waals surface area contributed by atoms with E-state index in [9.17, 15) is 4.79 Å². The normalized spacial score (nSPS) is 18.9. The van der Waals surface area contributed by atoms with E-state index in [0.29, 0.717) is 19.0 Å². The van der Waals surface area contributed by atoms with Crippen LogP contribution in [0.5, 0.6) is 5.75 Å². The van der Waals surface area contributed by atoms with Crippen LogP contribution in [0, 0.1) is 6.92 Å². The summed E-state index contributed by atoms with van der Waals surface area (Å²) >= 11 is 0. The molecule has 1 aromatic heterocycles. The van der Waals surface area contributed by atoms with Crippen molar-refractivity contribution in [3.8, 4) is 5.75 Å². The smallest absolute Gasteiger partial charge is 0.236 e. The van der Waals surface area contributed by atoms with Gasteiger partial charge in [-0.15, -0.1) is 0 Å². The molecule has 3 heterocycles. The lowest BCUT2D eigenvalue weighted by molar-refractivity contribution is -0.133. The average molecular weight is 356 g/mol. The molecule has 1 fully saturated rings. The van der Waals surface area contributed by atoms with Gasteiger partial charge in [0, 0.05) is 44.6 Å². The minimum atomic E-state index is 0.187. The van der Waals surface area contributed by atoms with Crippen molar-refractivity contribution in [2.45, 2.75) is 32.2 Å². The Balaban J connectivity index is 1.31. The Hall–Kier alpha value is -2.41. The predicted octanol–water partition coefficient (Wildman–Crippen LogP) is 1.98. The van der Waals surface area contributed by atoms with Gasteiger partial charge in [0.25, 0.3) is 0 Å². The number of para-hydroxylation sites is 1. The van der Waals surface area contributed by atoms with Crippen LogP contribution in [0.3, 0.4) is 0 Å². The maximum atomic E-state index is 12.7. The maximum Gasteiger partial charge on any atom is 0.236 e.